The number of hydrogen-bond acceptors (Lipinski definition) is 4. The lowest BCUT2D eigenvalue weighted by Gasteiger charge is -2.28. The number of fused-ring (bicyclic) bond motifs is 1. The minimum absolute atomic E-state index is 0.0531. The number of sulfonamides is 1. The number of halogens is 1. The van der Waals surface area contributed by atoms with E-state index >= 15 is 0 Å². The van der Waals surface area contributed by atoms with Crippen molar-refractivity contribution in [2.24, 2.45) is 0 Å². The molecular weight excluding hydrogens is 371 g/mol. The first-order chi connectivity index (χ1) is 12.9. The summed E-state index contributed by atoms with van der Waals surface area (Å²) in [5.74, 6) is 0.0510. The molecule has 0 fully saturated rings. The molecule has 1 N–H and O–H groups in total. The molecule has 0 bridgehead atoms. The molecule has 8 heteroatoms. The Morgan fingerprint density at radius 2 is 1.96 bits per heavy atom. The second-order valence-electron chi connectivity index (χ2n) is 6.26. The molecule has 1 aliphatic heterocycles. The van der Waals surface area contributed by atoms with Crippen molar-refractivity contribution < 1.29 is 22.3 Å². The van der Waals surface area contributed by atoms with Crippen LogP contribution >= 0.6 is 0 Å². The number of nitrogens with zero attached hydrogens (tertiary/aromatic N) is 1. The highest BCUT2D eigenvalue weighted by molar-refractivity contribution is 7.89. The molecule has 0 aliphatic carbocycles. The van der Waals surface area contributed by atoms with Crippen LogP contribution in [0.4, 0.5) is 10.1 Å². The summed E-state index contributed by atoms with van der Waals surface area (Å²) in [6.07, 6.45) is 1.53. The average molecular weight is 392 g/mol. The van der Waals surface area contributed by atoms with E-state index in [2.05, 4.69) is 4.72 Å². The first-order valence-electron chi connectivity index (χ1n) is 8.66. The summed E-state index contributed by atoms with van der Waals surface area (Å²) in [6.45, 7) is 2.35. The summed E-state index contributed by atoms with van der Waals surface area (Å²) in [4.78, 5) is 13.5. The molecule has 0 saturated carbocycles. The lowest BCUT2D eigenvalue weighted by Crippen LogP contribution is -2.34. The fraction of sp³-hybridized carbons (Fsp3) is 0.316. The standard InChI is InChI=1S/C19H21FN2O4S/c1-14(23)22-11-2-3-15-13-18(8-9-19(15)22)27(24,25)21-10-12-26-17-6-4-16(20)5-7-17/h4-9,13,21H,2-3,10-12H2,1H3. The normalized spacial score (nSPS) is 13.9. The SMILES string of the molecule is CC(=O)N1CCCc2cc(S(=O)(=O)NCCOc3ccc(F)cc3)ccc21. The van der Waals surface area contributed by atoms with E-state index < -0.39 is 10.0 Å². The molecule has 2 aromatic rings. The van der Waals surface area contributed by atoms with Gasteiger partial charge in [0.1, 0.15) is 18.2 Å². The fourth-order valence-electron chi connectivity index (χ4n) is 3.03. The van der Waals surface area contributed by atoms with E-state index in [0.29, 0.717) is 12.3 Å². The minimum Gasteiger partial charge on any atom is -0.492 e. The van der Waals surface area contributed by atoms with Crippen LogP contribution in [0, 0.1) is 5.82 Å². The van der Waals surface area contributed by atoms with Gasteiger partial charge in [-0.25, -0.2) is 17.5 Å². The zero-order chi connectivity index (χ0) is 19.4. The van der Waals surface area contributed by atoms with Gasteiger partial charge in [-0.15, -0.1) is 0 Å². The van der Waals surface area contributed by atoms with E-state index in [0.717, 1.165) is 24.1 Å². The summed E-state index contributed by atoms with van der Waals surface area (Å²) >= 11 is 0. The lowest BCUT2D eigenvalue weighted by atomic mass is 10.0. The molecule has 0 aromatic heterocycles. The number of carbonyl (C=O) groups excluding carboxylic acids is 1. The van der Waals surface area contributed by atoms with E-state index in [-0.39, 0.29) is 29.8 Å². The summed E-state index contributed by atoms with van der Waals surface area (Å²) < 4.78 is 45.7. The number of hydrogen-bond donors (Lipinski definition) is 1. The number of amides is 1. The third-order valence-electron chi connectivity index (χ3n) is 4.34. The Kier molecular flexibility index (Phi) is 5.76. The average Bonchev–Trinajstić information content (AvgIpc) is 2.65. The molecule has 0 saturated heterocycles. The molecule has 1 heterocycles. The maximum absolute atomic E-state index is 12.8. The van der Waals surface area contributed by atoms with Crippen molar-refractivity contribution in [3.63, 3.8) is 0 Å². The molecule has 2 aromatic carbocycles. The molecule has 0 atom stereocenters. The molecule has 144 valence electrons. The first kappa shape index (κ1) is 19.3. The van der Waals surface area contributed by atoms with Crippen LogP contribution in [0.2, 0.25) is 0 Å². The highest BCUT2D eigenvalue weighted by atomic mass is 32.2. The zero-order valence-corrected chi connectivity index (χ0v) is 15.8. The summed E-state index contributed by atoms with van der Waals surface area (Å²) in [6, 6.07) is 10.3. The van der Waals surface area contributed by atoms with Crippen LogP contribution in [0.1, 0.15) is 18.9 Å². The second-order valence-corrected chi connectivity index (χ2v) is 8.03. The number of nitrogens with one attached hydrogen (secondary N) is 1. The molecular formula is C19H21FN2O4S. The Morgan fingerprint density at radius 3 is 2.67 bits per heavy atom. The predicted octanol–water partition coefficient (Wildman–Crippen LogP) is 2.48. The van der Waals surface area contributed by atoms with Gasteiger partial charge in [-0.05, 0) is 60.9 Å². The van der Waals surface area contributed by atoms with Gasteiger partial charge in [-0.1, -0.05) is 0 Å². The lowest BCUT2D eigenvalue weighted by molar-refractivity contribution is -0.116. The first-order valence-corrected chi connectivity index (χ1v) is 10.1. The highest BCUT2D eigenvalue weighted by Gasteiger charge is 2.22. The van der Waals surface area contributed by atoms with Crippen molar-refractivity contribution in [3.8, 4) is 5.75 Å². The minimum atomic E-state index is -3.69. The van der Waals surface area contributed by atoms with Gasteiger partial charge in [0.25, 0.3) is 0 Å². The van der Waals surface area contributed by atoms with Crippen LogP contribution < -0.4 is 14.4 Å². The molecule has 1 amide bonds. The summed E-state index contributed by atoms with van der Waals surface area (Å²) in [5.41, 5.74) is 1.62. The van der Waals surface area contributed by atoms with E-state index in [1.54, 1.807) is 17.0 Å². The largest absolute Gasteiger partial charge is 0.492 e. The van der Waals surface area contributed by atoms with Crippen molar-refractivity contribution in [2.45, 2.75) is 24.7 Å². The van der Waals surface area contributed by atoms with Crippen molar-refractivity contribution in [1.29, 1.82) is 0 Å². The fourth-order valence-corrected chi connectivity index (χ4v) is 4.09. The zero-order valence-electron chi connectivity index (χ0n) is 14.9. The third kappa shape index (κ3) is 4.64. The van der Waals surface area contributed by atoms with E-state index in [1.807, 2.05) is 0 Å². The molecule has 0 spiro atoms. The van der Waals surface area contributed by atoms with Gasteiger partial charge in [-0.2, -0.15) is 0 Å². The molecule has 0 unspecified atom stereocenters. The quantitative estimate of drug-likeness (QED) is 0.767. The Labute approximate surface area is 158 Å². The maximum Gasteiger partial charge on any atom is 0.240 e. The third-order valence-corrected chi connectivity index (χ3v) is 5.80. The Balaban J connectivity index is 1.63. The number of aryl methyl sites for hydroxylation is 1. The van der Waals surface area contributed by atoms with Gasteiger partial charge in [0, 0.05) is 25.7 Å². The van der Waals surface area contributed by atoms with Crippen LogP contribution in [0.25, 0.3) is 0 Å². The van der Waals surface area contributed by atoms with Crippen molar-refractivity contribution in [1.82, 2.24) is 4.72 Å². The maximum atomic E-state index is 12.8. The number of anilines is 1. The van der Waals surface area contributed by atoms with Crippen LogP contribution in [0.3, 0.4) is 0 Å². The van der Waals surface area contributed by atoms with Crippen LogP contribution in [0.15, 0.2) is 47.4 Å². The molecule has 0 radical (unpaired) electrons. The van der Waals surface area contributed by atoms with Gasteiger partial charge < -0.3 is 9.64 Å². The molecule has 27 heavy (non-hydrogen) atoms. The molecule has 6 nitrogen and oxygen atoms in total. The van der Waals surface area contributed by atoms with Gasteiger partial charge in [-0.3, -0.25) is 4.79 Å². The predicted molar refractivity (Wildman–Crippen MR) is 99.9 cm³/mol. The monoisotopic (exact) mass is 392 g/mol. The Hall–Kier alpha value is -2.45. The van der Waals surface area contributed by atoms with Crippen LogP contribution in [-0.2, 0) is 21.2 Å². The number of ether oxygens (including phenoxy) is 1. The Morgan fingerprint density at radius 1 is 1.22 bits per heavy atom. The van der Waals surface area contributed by atoms with E-state index in [1.165, 1.54) is 37.3 Å². The molecule has 3 rings (SSSR count). The number of benzene rings is 2. The summed E-state index contributed by atoms with van der Waals surface area (Å²) in [7, 11) is -3.69. The topological polar surface area (TPSA) is 75.7 Å². The van der Waals surface area contributed by atoms with E-state index in [4.69, 9.17) is 4.74 Å². The van der Waals surface area contributed by atoms with Crippen molar-refractivity contribution in [3.05, 3.63) is 53.8 Å². The second kappa shape index (κ2) is 8.06. The van der Waals surface area contributed by atoms with Gasteiger partial charge in [0.05, 0.1) is 4.90 Å². The summed E-state index contributed by atoms with van der Waals surface area (Å²) in [5, 5.41) is 0. The van der Waals surface area contributed by atoms with Crippen molar-refractivity contribution in [2.75, 3.05) is 24.6 Å². The number of rotatable bonds is 6. The van der Waals surface area contributed by atoms with Gasteiger partial charge in [0.15, 0.2) is 0 Å². The smallest absolute Gasteiger partial charge is 0.240 e. The molecule has 1 aliphatic rings. The van der Waals surface area contributed by atoms with Gasteiger partial charge >= 0.3 is 0 Å². The van der Waals surface area contributed by atoms with E-state index in [9.17, 15) is 17.6 Å². The van der Waals surface area contributed by atoms with Gasteiger partial charge in [0.2, 0.25) is 15.9 Å². The van der Waals surface area contributed by atoms with Crippen molar-refractivity contribution >= 4 is 21.6 Å². The number of carbonyl (C=O) groups is 1. The Bertz CT molecular complexity index is 929. The van der Waals surface area contributed by atoms with Crippen LogP contribution in [-0.4, -0.2) is 34.0 Å². The van der Waals surface area contributed by atoms with Crippen LogP contribution in [0.5, 0.6) is 5.75 Å². The highest BCUT2D eigenvalue weighted by Crippen LogP contribution is 2.29.